The van der Waals surface area contributed by atoms with Crippen molar-refractivity contribution in [3.8, 4) is 5.75 Å². The molecule has 1 rings (SSSR count). The Morgan fingerprint density at radius 1 is 1.53 bits per heavy atom. The zero-order valence-electron chi connectivity index (χ0n) is 8.87. The van der Waals surface area contributed by atoms with Crippen LogP contribution in [0, 0.1) is 5.82 Å². The van der Waals surface area contributed by atoms with Crippen molar-refractivity contribution in [1.29, 1.82) is 0 Å². The van der Waals surface area contributed by atoms with Gasteiger partial charge in [-0.1, -0.05) is 6.07 Å². The van der Waals surface area contributed by atoms with Gasteiger partial charge in [0.25, 0.3) is 0 Å². The second-order valence-electron chi connectivity index (χ2n) is 3.21. The lowest BCUT2D eigenvalue weighted by molar-refractivity contribution is 0.198. The normalized spacial score (nSPS) is 12.5. The van der Waals surface area contributed by atoms with Crippen LogP contribution < -0.4 is 4.74 Å². The number of hydrogen-bond acceptors (Lipinski definition) is 3. The van der Waals surface area contributed by atoms with Crippen molar-refractivity contribution in [2.75, 3.05) is 18.6 Å². The molecule has 1 atom stereocenters. The third-order valence-corrected chi connectivity index (χ3v) is 2.56. The Hall–Kier alpha value is -0.740. The lowest BCUT2D eigenvalue weighted by Crippen LogP contribution is -2.02. The van der Waals surface area contributed by atoms with Crippen molar-refractivity contribution >= 4 is 11.8 Å². The van der Waals surface area contributed by atoms with E-state index in [2.05, 4.69) is 0 Å². The summed E-state index contributed by atoms with van der Waals surface area (Å²) in [5.74, 6) is 0.653. The van der Waals surface area contributed by atoms with E-state index in [9.17, 15) is 9.50 Å². The van der Waals surface area contributed by atoms with Crippen molar-refractivity contribution in [3.63, 3.8) is 0 Å². The van der Waals surface area contributed by atoms with Gasteiger partial charge in [-0.25, -0.2) is 4.39 Å². The van der Waals surface area contributed by atoms with Crippen LogP contribution in [0.3, 0.4) is 0 Å². The van der Waals surface area contributed by atoms with Gasteiger partial charge < -0.3 is 9.84 Å². The maximum atomic E-state index is 13.4. The Morgan fingerprint density at radius 2 is 2.27 bits per heavy atom. The van der Waals surface area contributed by atoms with Gasteiger partial charge in [0.15, 0.2) is 11.6 Å². The molecule has 0 bridgehead atoms. The number of ether oxygens (including phenoxy) is 1. The highest BCUT2D eigenvalue weighted by Gasteiger charge is 2.07. The van der Waals surface area contributed by atoms with Crippen molar-refractivity contribution in [3.05, 3.63) is 29.6 Å². The first-order valence-corrected chi connectivity index (χ1v) is 6.13. The highest BCUT2D eigenvalue weighted by molar-refractivity contribution is 7.98. The maximum absolute atomic E-state index is 13.4. The lowest BCUT2D eigenvalue weighted by atomic mass is 10.1. The van der Waals surface area contributed by atoms with E-state index in [-0.39, 0.29) is 5.75 Å². The van der Waals surface area contributed by atoms with E-state index in [1.54, 1.807) is 30.8 Å². The van der Waals surface area contributed by atoms with Gasteiger partial charge in [0.1, 0.15) is 0 Å². The number of thioether (sulfide) groups is 1. The van der Waals surface area contributed by atoms with Crippen molar-refractivity contribution < 1.29 is 14.2 Å². The summed E-state index contributed by atoms with van der Waals surface area (Å²) in [5, 5.41) is 9.24. The molecule has 0 amide bonds. The van der Waals surface area contributed by atoms with Gasteiger partial charge >= 0.3 is 0 Å². The van der Waals surface area contributed by atoms with Crippen LogP contribution in [-0.2, 0) is 0 Å². The molecule has 15 heavy (non-hydrogen) atoms. The minimum Gasteiger partial charge on any atom is -0.490 e. The standard InChI is InChI=1S/C11H15FO2S/c1-8(13)9-3-4-11(10(12)7-9)14-5-6-15-2/h3-4,7-8,13H,5-6H2,1-2H3/t8-/m0/s1. The summed E-state index contributed by atoms with van der Waals surface area (Å²) in [4.78, 5) is 0. The van der Waals surface area contributed by atoms with E-state index in [1.807, 2.05) is 6.26 Å². The van der Waals surface area contributed by atoms with Gasteiger partial charge in [-0.15, -0.1) is 0 Å². The predicted molar refractivity (Wildman–Crippen MR) is 60.9 cm³/mol. The fraction of sp³-hybridized carbons (Fsp3) is 0.455. The molecule has 0 aliphatic rings. The summed E-state index contributed by atoms with van der Waals surface area (Å²) in [6.45, 7) is 2.09. The molecule has 1 aromatic carbocycles. The van der Waals surface area contributed by atoms with Gasteiger partial charge in [0.05, 0.1) is 12.7 Å². The third kappa shape index (κ3) is 3.72. The summed E-state index contributed by atoms with van der Waals surface area (Å²) < 4.78 is 18.6. The number of hydrogen-bond donors (Lipinski definition) is 1. The molecule has 2 nitrogen and oxygen atoms in total. The fourth-order valence-electron chi connectivity index (χ4n) is 1.13. The van der Waals surface area contributed by atoms with Crippen LogP contribution in [0.5, 0.6) is 5.75 Å². The molecule has 1 N–H and O–H groups in total. The second-order valence-corrected chi connectivity index (χ2v) is 4.19. The molecule has 0 saturated heterocycles. The largest absolute Gasteiger partial charge is 0.490 e. The zero-order chi connectivity index (χ0) is 11.3. The first-order chi connectivity index (χ1) is 7.15. The number of aliphatic hydroxyl groups is 1. The summed E-state index contributed by atoms with van der Waals surface area (Å²) in [5.41, 5.74) is 0.560. The molecule has 0 spiro atoms. The van der Waals surface area contributed by atoms with Crippen LogP contribution in [-0.4, -0.2) is 23.7 Å². The maximum Gasteiger partial charge on any atom is 0.165 e. The van der Waals surface area contributed by atoms with Crippen LogP contribution in [0.25, 0.3) is 0 Å². The van der Waals surface area contributed by atoms with E-state index >= 15 is 0 Å². The van der Waals surface area contributed by atoms with Crippen LogP contribution in [0.4, 0.5) is 4.39 Å². The first kappa shape index (κ1) is 12.3. The van der Waals surface area contributed by atoms with Crippen molar-refractivity contribution in [1.82, 2.24) is 0 Å². The van der Waals surface area contributed by atoms with Gasteiger partial charge in [-0.3, -0.25) is 0 Å². The molecule has 0 aliphatic heterocycles. The van der Waals surface area contributed by atoms with Crippen LogP contribution in [0.15, 0.2) is 18.2 Å². The Labute approximate surface area is 93.5 Å². The van der Waals surface area contributed by atoms with Crippen LogP contribution in [0.2, 0.25) is 0 Å². The van der Waals surface area contributed by atoms with Gasteiger partial charge in [-0.05, 0) is 30.9 Å². The zero-order valence-corrected chi connectivity index (χ0v) is 9.68. The van der Waals surface area contributed by atoms with Gasteiger partial charge in [0.2, 0.25) is 0 Å². The predicted octanol–water partition coefficient (Wildman–Crippen LogP) is 2.62. The van der Waals surface area contributed by atoms with E-state index in [1.165, 1.54) is 6.07 Å². The molecule has 1 aromatic rings. The minimum atomic E-state index is -0.653. The average molecular weight is 230 g/mol. The van der Waals surface area contributed by atoms with Crippen molar-refractivity contribution in [2.45, 2.75) is 13.0 Å². The number of halogens is 1. The Balaban J connectivity index is 2.66. The Kier molecular flexibility index (Phi) is 4.91. The summed E-state index contributed by atoms with van der Waals surface area (Å²) in [6, 6.07) is 4.53. The summed E-state index contributed by atoms with van der Waals surface area (Å²) in [7, 11) is 0. The molecular formula is C11H15FO2S. The number of aliphatic hydroxyl groups excluding tert-OH is 1. The summed E-state index contributed by atoms with van der Waals surface area (Å²) >= 11 is 1.65. The number of rotatable bonds is 5. The van der Waals surface area contributed by atoms with Gasteiger partial charge in [0, 0.05) is 5.75 Å². The topological polar surface area (TPSA) is 29.5 Å². The quantitative estimate of drug-likeness (QED) is 0.788. The molecule has 0 aliphatic carbocycles. The molecule has 0 heterocycles. The molecule has 0 saturated carbocycles. The lowest BCUT2D eigenvalue weighted by Gasteiger charge is -2.09. The fourth-order valence-corrected chi connectivity index (χ4v) is 1.38. The molecule has 84 valence electrons. The molecular weight excluding hydrogens is 215 g/mol. The van der Waals surface area contributed by atoms with E-state index in [0.717, 1.165) is 5.75 Å². The SMILES string of the molecule is CSCCOc1ccc([C@H](C)O)cc1F. The molecule has 0 aromatic heterocycles. The Morgan fingerprint density at radius 3 is 2.80 bits per heavy atom. The Bertz CT molecular complexity index is 315. The minimum absolute atomic E-state index is 0.244. The van der Waals surface area contributed by atoms with Crippen LogP contribution in [0.1, 0.15) is 18.6 Å². The average Bonchev–Trinajstić information content (AvgIpc) is 2.20. The second kappa shape index (κ2) is 5.98. The molecule has 0 unspecified atom stereocenters. The highest BCUT2D eigenvalue weighted by Crippen LogP contribution is 2.21. The highest BCUT2D eigenvalue weighted by atomic mass is 32.2. The van der Waals surface area contributed by atoms with E-state index in [0.29, 0.717) is 12.2 Å². The monoisotopic (exact) mass is 230 g/mol. The molecule has 0 radical (unpaired) electrons. The third-order valence-electron chi connectivity index (χ3n) is 1.98. The van der Waals surface area contributed by atoms with E-state index in [4.69, 9.17) is 4.74 Å². The molecule has 4 heteroatoms. The molecule has 0 fully saturated rings. The smallest absolute Gasteiger partial charge is 0.165 e. The van der Waals surface area contributed by atoms with Gasteiger partial charge in [-0.2, -0.15) is 11.8 Å². The summed E-state index contributed by atoms with van der Waals surface area (Å²) in [6.07, 6.45) is 1.32. The first-order valence-electron chi connectivity index (χ1n) is 4.74. The van der Waals surface area contributed by atoms with Crippen molar-refractivity contribution in [2.24, 2.45) is 0 Å². The van der Waals surface area contributed by atoms with E-state index < -0.39 is 11.9 Å². The van der Waals surface area contributed by atoms with Crippen LogP contribution >= 0.6 is 11.8 Å². The number of benzene rings is 1.